The number of nitrogens with two attached hydrogens (primary N) is 1. The van der Waals surface area contributed by atoms with Gasteiger partial charge in [0.15, 0.2) is 0 Å². The first-order valence-electron chi connectivity index (χ1n) is 9.06. The fraction of sp³-hybridized carbons (Fsp3) is 0.579. The molecule has 0 aliphatic heterocycles. The van der Waals surface area contributed by atoms with E-state index < -0.39 is 6.04 Å². The molecule has 0 saturated heterocycles. The van der Waals surface area contributed by atoms with Gasteiger partial charge in [0.2, 0.25) is 5.91 Å². The third-order valence-corrected chi connectivity index (χ3v) is 5.78. The zero-order valence-electron chi connectivity index (χ0n) is 14.9. The van der Waals surface area contributed by atoms with Gasteiger partial charge in [-0.05, 0) is 68.7 Å². The van der Waals surface area contributed by atoms with Crippen LogP contribution in [0, 0.1) is 11.8 Å². The standard InChI is InChI=1S/C19H26ClN3O2.ClH/c1-11(22-19(25)12-5-7-15(20)8-6-12)18(24)23-17-13-3-2-4-14(17)10-16(21)9-13;/h5-8,11,13-14,16-17H,2-4,9-10,21H2,1H3,(H,22,25)(H,23,24);1H. The molecule has 2 fully saturated rings. The summed E-state index contributed by atoms with van der Waals surface area (Å²) in [6.45, 7) is 1.72. The first-order valence-corrected chi connectivity index (χ1v) is 9.44. The van der Waals surface area contributed by atoms with Crippen LogP contribution in [0.2, 0.25) is 5.02 Å². The number of hydrogen-bond donors (Lipinski definition) is 3. The van der Waals surface area contributed by atoms with Crippen LogP contribution in [-0.2, 0) is 4.79 Å². The Labute approximate surface area is 165 Å². The average Bonchev–Trinajstić information content (AvgIpc) is 2.56. The average molecular weight is 400 g/mol. The highest BCUT2D eigenvalue weighted by molar-refractivity contribution is 6.30. The zero-order valence-corrected chi connectivity index (χ0v) is 16.5. The van der Waals surface area contributed by atoms with Crippen molar-refractivity contribution in [3.8, 4) is 0 Å². The molecule has 4 N–H and O–H groups in total. The monoisotopic (exact) mass is 399 g/mol. The van der Waals surface area contributed by atoms with Crippen LogP contribution in [0.5, 0.6) is 0 Å². The molecule has 0 heterocycles. The number of carbonyl (C=O) groups excluding carboxylic acids is 2. The highest BCUT2D eigenvalue weighted by Gasteiger charge is 2.40. The third-order valence-electron chi connectivity index (χ3n) is 5.53. The smallest absolute Gasteiger partial charge is 0.251 e. The molecule has 0 spiro atoms. The van der Waals surface area contributed by atoms with Crippen molar-refractivity contribution in [3.05, 3.63) is 34.9 Å². The molecule has 2 saturated carbocycles. The van der Waals surface area contributed by atoms with Crippen LogP contribution >= 0.6 is 24.0 Å². The summed E-state index contributed by atoms with van der Waals surface area (Å²) in [6.07, 6.45) is 5.43. The Morgan fingerprint density at radius 1 is 1.15 bits per heavy atom. The van der Waals surface area contributed by atoms with Crippen molar-refractivity contribution in [3.63, 3.8) is 0 Å². The molecule has 7 heteroatoms. The predicted octanol–water partition coefficient (Wildman–Crippen LogP) is 2.90. The number of nitrogens with one attached hydrogen (secondary N) is 2. The quantitative estimate of drug-likeness (QED) is 0.727. The summed E-state index contributed by atoms with van der Waals surface area (Å²) in [5.74, 6) is 0.529. The van der Waals surface area contributed by atoms with Gasteiger partial charge in [0, 0.05) is 22.7 Å². The summed E-state index contributed by atoms with van der Waals surface area (Å²) in [4.78, 5) is 24.8. The summed E-state index contributed by atoms with van der Waals surface area (Å²) in [5, 5.41) is 6.51. The van der Waals surface area contributed by atoms with Crippen molar-refractivity contribution in [1.29, 1.82) is 0 Å². The molecule has 0 aromatic heterocycles. The molecule has 26 heavy (non-hydrogen) atoms. The molecular weight excluding hydrogens is 373 g/mol. The van der Waals surface area contributed by atoms with E-state index in [0.717, 1.165) is 25.7 Å². The molecule has 144 valence electrons. The Hall–Kier alpha value is -1.30. The fourth-order valence-corrected chi connectivity index (χ4v) is 4.39. The Kier molecular flexibility index (Phi) is 7.33. The topological polar surface area (TPSA) is 84.2 Å². The molecule has 1 aromatic rings. The summed E-state index contributed by atoms with van der Waals surface area (Å²) >= 11 is 5.83. The lowest BCUT2D eigenvalue weighted by molar-refractivity contribution is -0.124. The number of rotatable bonds is 4. The Balaban J connectivity index is 0.00000243. The van der Waals surface area contributed by atoms with Gasteiger partial charge in [-0.25, -0.2) is 0 Å². The largest absolute Gasteiger partial charge is 0.351 e. The van der Waals surface area contributed by atoms with Gasteiger partial charge in [-0.3, -0.25) is 9.59 Å². The molecule has 2 bridgehead atoms. The third kappa shape index (κ3) is 4.90. The second-order valence-electron chi connectivity index (χ2n) is 7.42. The maximum absolute atomic E-state index is 12.6. The SMILES string of the molecule is CC(NC(=O)c1ccc(Cl)cc1)C(=O)NC1C2CCCC1CC(N)C2.Cl. The molecule has 3 atom stereocenters. The van der Waals surface area contributed by atoms with Gasteiger partial charge in [0.05, 0.1) is 0 Å². The van der Waals surface area contributed by atoms with Crippen molar-refractivity contribution >= 4 is 35.8 Å². The van der Waals surface area contributed by atoms with E-state index in [0.29, 0.717) is 22.4 Å². The Bertz CT molecular complexity index is 624. The molecule has 0 radical (unpaired) electrons. The molecule has 2 aliphatic carbocycles. The van der Waals surface area contributed by atoms with Crippen LogP contribution < -0.4 is 16.4 Å². The van der Waals surface area contributed by atoms with Crippen LogP contribution in [-0.4, -0.2) is 29.9 Å². The summed E-state index contributed by atoms with van der Waals surface area (Å²) in [5.41, 5.74) is 6.63. The number of fused-ring (bicyclic) bond motifs is 2. The number of halogens is 2. The Morgan fingerprint density at radius 3 is 2.31 bits per heavy atom. The maximum atomic E-state index is 12.6. The minimum absolute atomic E-state index is 0. The highest BCUT2D eigenvalue weighted by Crippen LogP contribution is 2.39. The van der Waals surface area contributed by atoms with Gasteiger partial charge in [-0.15, -0.1) is 12.4 Å². The van der Waals surface area contributed by atoms with Crippen molar-refractivity contribution in [1.82, 2.24) is 10.6 Å². The predicted molar refractivity (Wildman–Crippen MR) is 106 cm³/mol. The lowest BCUT2D eigenvalue weighted by Crippen LogP contribution is -2.57. The molecule has 5 nitrogen and oxygen atoms in total. The van der Waals surface area contributed by atoms with Crippen molar-refractivity contribution < 1.29 is 9.59 Å². The second kappa shape index (κ2) is 9.07. The minimum Gasteiger partial charge on any atom is -0.351 e. The normalized spacial score (nSPS) is 28.4. The van der Waals surface area contributed by atoms with Crippen LogP contribution in [0.15, 0.2) is 24.3 Å². The van der Waals surface area contributed by atoms with Gasteiger partial charge >= 0.3 is 0 Å². The molecular formula is C19H27Cl2N3O2. The van der Waals surface area contributed by atoms with Crippen molar-refractivity contribution in [2.75, 3.05) is 0 Å². The van der Waals surface area contributed by atoms with E-state index in [9.17, 15) is 9.59 Å². The summed E-state index contributed by atoms with van der Waals surface area (Å²) in [6, 6.07) is 6.48. The highest BCUT2D eigenvalue weighted by atomic mass is 35.5. The number of benzene rings is 1. The number of hydrogen-bond acceptors (Lipinski definition) is 3. The van der Waals surface area contributed by atoms with Crippen LogP contribution in [0.1, 0.15) is 49.4 Å². The van der Waals surface area contributed by atoms with E-state index in [-0.39, 0.29) is 36.3 Å². The number of amides is 2. The molecule has 3 unspecified atom stereocenters. The van der Waals surface area contributed by atoms with Gasteiger partial charge in [-0.2, -0.15) is 0 Å². The van der Waals surface area contributed by atoms with Crippen LogP contribution in [0.3, 0.4) is 0 Å². The van der Waals surface area contributed by atoms with E-state index in [1.165, 1.54) is 6.42 Å². The zero-order chi connectivity index (χ0) is 18.0. The van der Waals surface area contributed by atoms with Crippen molar-refractivity contribution in [2.24, 2.45) is 17.6 Å². The van der Waals surface area contributed by atoms with E-state index >= 15 is 0 Å². The van der Waals surface area contributed by atoms with Gasteiger partial charge < -0.3 is 16.4 Å². The van der Waals surface area contributed by atoms with E-state index in [1.54, 1.807) is 31.2 Å². The summed E-state index contributed by atoms with van der Waals surface area (Å²) in [7, 11) is 0. The lowest BCUT2D eigenvalue weighted by Gasteiger charge is -2.45. The molecule has 1 aromatic carbocycles. The second-order valence-corrected chi connectivity index (χ2v) is 7.86. The van der Waals surface area contributed by atoms with E-state index in [2.05, 4.69) is 10.6 Å². The van der Waals surface area contributed by atoms with Crippen LogP contribution in [0.4, 0.5) is 0 Å². The van der Waals surface area contributed by atoms with Crippen LogP contribution in [0.25, 0.3) is 0 Å². The fourth-order valence-electron chi connectivity index (χ4n) is 4.26. The minimum atomic E-state index is -0.584. The molecule has 2 amide bonds. The van der Waals surface area contributed by atoms with E-state index in [1.807, 2.05) is 0 Å². The van der Waals surface area contributed by atoms with Gasteiger partial charge in [0.25, 0.3) is 5.91 Å². The summed E-state index contributed by atoms with van der Waals surface area (Å²) < 4.78 is 0. The van der Waals surface area contributed by atoms with Gasteiger partial charge in [-0.1, -0.05) is 18.0 Å². The van der Waals surface area contributed by atoms with Gasteiger partial charge in [0.1, 0.15) is 6.04 Å². The first kappa shape index (κ1) is 21.0. The molecule has 3 rings (SSSR count). The Morgan fingerprint density at radius 2 is 1.73 bits per heavy atom. The molecule has 2 aliphatic rings. The maximum Gasteiger partial charge on any atom is 0.251 e. The number of carbonyl (C=O) groups is 2. The van der Waals surface area contributed by atoms with E-state index in [4.69, 9.17) is 17.3 Å². The lowest BCUT2D eigenvalue weighted by atomic mass is 9.67. The van der Waals surface area contributed by atoms with Crippen molar-refractivity contribution in [2.45, 2.75) is 57.2 Å². The first-order chi connectivity index (χ1) is 11.9.